The zero-order valence-electron chi connectivity index (χ0n) is 16.3. The van der Waals surface area contributed by atoms with E-state index in [2.05, 4.69) is 10.0 Å². The van der Waals surface area contributed by atoms with Gasteiger partial charge in [-0.25, -0.2) is 13.1 Å². The molecule has 0 heterocycles. The van der Waals surface area contributed by atoms with Crippen molar-refractivity contribution < 1.29 is 17.9 Å². The van der Waals surface area contributed by atoms with Crippen molar-refractivity contribution in [1.82, 2.24) is 4.72 Å². The largest absolute Gasteiger partial charge is 0.495 e. The van der Waals surface area contributed by atoms with Gasteiger partial charge in [0.25, 0.3) is 5.91 Å². The molecule has 0 aliphatic heterocycles. The highest BCUT2D eigenvalue weighted by molar-refractivity contribution is 7.89. The third kappa shape index (κ3) is 5.60. The predicted molar refractivity (Wildman–Crippen MR) is 118 cm³/mol. The van der Waals surface area contributed by atoms with Crippen LogP contribution >= 0.6 is 11.6 Å². The van der Waals surface area contributed by atoms with Crippen molar-refractivity contribution in [2.45, 2.75) is 11.3 Å². The van der Waals surface area contributed by atoms with Crippen molar-refractivity contribution >= 4 is 33.2 Å². The van der Waals surface area contributed by atoms with Crippen LogP contribution in [0.2, 0.25) is 5.02 Å². The van der Waals surface area contributed by atoms with Crippen LogP contribution in [0.15, 0.2) is 77.7 Å². The molecule has 1 amide bonds. The van der Waals surface area contributed by atoms with Crippen LogP contribution in [0.1, 0.15) is 15.9 Å². The van der Waals surface area contributed by atoms with Gasteiger partial charge in [0.15, 0.2) is 0 Å². The summed E-state index contributed by atoms with van der Waals surface area (Å²) in [7, 11) is -2.50. The Bertz CT molecular complexity index is 1120. The maximum absolute atomic E-state index is 12.8. The average molecular weight is 445 g/mol. The lowest BCUT2D eigenvalue weighted by molar-refractivity contribution is 0.102. The van der Waals surface area contributed by atoms with Crippen molar-refractivity contribution in [1.29, 1.82) is 0 Å². The third-order valence-corrected chi connectivity index (χ3v) is 6.10. The molecule has 0 spiro atoms. The Kier molecular flexibility index (Phi) is 7.10. The number of carbonyl (C=O) groups excluding carboxylic acids is 1. The molecule has 8 heteroatoms. The van der Waals surface area contributed by atoms with Crippen LogP contribution in [-0.4, -0.2) is 28.0 Å². The van der Waals surface area contributed by atoms with Crippen LogP contribution in [0.4, 0.5) is 5.69 Å². The normalized spacial score (nSPS) is 11.1. The summed E-state index contributed by atoms with van der Waals surface area (Å²) in [4.78, 5) is 12.5. The number of halogens is 1. The van der Waals surface area contributed by atoms with E-state index in [4.69, 9.17) is 16.3 Å². The molecule has 0 saturated carbocycles. The summed E-state index contributed by atoms with van der Waals surface area (Å²) in [6.45, 7) is 0.219. The second-order valence-electron chi connectivity index (χ2n) is 6.46. The van der Waals surface area contributed by atoms with E-state index in [1.54, 1.807) is 24.3 Å². The number of anilines is 1. The topological polar surface area (TPSA) is 84.5 Å². The van der Waals surface area contributed by atoms with Crippen LogP contribution in [0.3, 0.4) is 0 Å². The first-order valence-corrected chi connectivity index (χ1v) is 11.0. The molecule has 0 unspecified atom stereocenters. The first kappa shape index (κ1) is 21.8. The molecule has 0 saturated heterocycles. The predicted octanol–water partition coefficient (Wildman–Crippen LogP) is 4.12. The zero-order chi connectivity index (χ0) is 21.6. The minimum absolute atomic E-state index is 0.0955. The highest BCUT2D eigenvalue weighted by Gasteiger charge is 2.21. The standard InChI is InChI=1S/C22H21ClN2O4S/c1-29-20-12-7-17(22(26)25-19-10-8-18(23)9-11-19)15-21(20)30(27,28)24-14-13-16-5-3-2-4-6-16/h2-12,15,24H,13-14H2,1H3,(H,25,26). The van der Waals surface area contributed by atoms with Crippen molar-refractivity contribution in [3.8, 4) is 5.75 Å². The van der Waals surface area contributed by atoms with Gasteiger partial charge in [-0.1, -0.05) is 41.9 Å². The molecule has 0 atom stereocenters. The molecule has 30 heavy (non-hydrogen) atoms. The fourth-order valence-corrected chi connectivity index (χ4v) is 4.17. The van der Waals surface area contributed by atoms with Gasteiger partial charge < -0.3 is 10.1 Å². The van der Waals surface area contributed by atoms with Gasteiger partial charge in [0.05, 0.1) is 7.11 Å². The fraction of sp³-hybridized carbons (Fsp3) is 0.136. The van der Waals surface area contributed by atoms with Gasteiger partial charge in [-0.3, -0.25) is 4.79 Å². The molecule has 3 aromatic rings. The molecule has 0 fully saturated rings. The van der Waals surface area contributed by atoms with E-state index < -0.39 is 15.9 Å². The molecule has 2 N–H and O–H groups in total. The first-order chi connectivity index (χ1) is 14.4. The van der Waals surface area contributed by atoms with Gasteiger partial charge >= 0.3 is 0 Å². The summed E-state index contributed by atoms with van der Waals surface area (Å²) in [5.41, 5.74) is 1.75. The monoisotopic (exact) mass is 444 g/mol. The number of nitrogens with one attached hydrogen (secondary N) is 2. The van der Waals surface area contributed by atoms with Gasteiger partial charge in [-0.05, 0) is 54.4 Å². The van der Waals surface area contributed by atoms with Crippen molar-refractivity contribution in [3.63, 3.8) is 0 Å². The molecule has 0 aliphatic rings. The van der Waals surface area contributed by atoms with Gasteiger partial charge in [0.2, 0.25) is 10.0 Å². The van der Waals surface area contributed by atoms with Gasteiger partial charge in [-0.15, -0.1) is 0 Å². The summed E-state index contributed by atoms with van der Waals surface area (Å²) < 4.78 is 33.4. The molecule has 0 aliphatic carbocycles. The van der Waals surface area contributed by atoms with E-state index in [0.717, 1.165) is 5.56 Å². The lowest BCUT2D eigenvalue weighted by Crippen LogP contribution is -2.27. The Hall–Kier alpha value is -2.87. The Morgan fingerprint density at radius 3 is 2.37 bits per heavy atom. The van der Waals surface area contributed by atoms with E-state index in [1.807, 2.05) is 30.3 Å². The number of sulfonamides is 1. The number of amides is 1. The van der Waals surface area contributed by atoms with Crippen molar-refractivity contribution in [3.05, 3.63) is 88.9 Å². The third-order valence-electron chi connectivity index (χ3n) is 4.37. The number of rotatable bonds is 8. The molecule has 0 aromatic heterocycles. The first-order valence-electron chi connectivity index (χ1n) is 9.17. The second kappa shape index (κ2) is 9.75. The smallest absolute Gasteiger partial charge is 0.255 e. The minimum atomic E-state index is -3.88. The Labute approximate surface area is 180 Å². The SMILES string of the molecule is COc1ccc(C(=O)Nc2ccc(Cl)cc2)cc1S(=O)(=O)NCCc1ccccc1. The molecule has 0 radical (unpaired) electrons. The van der Waals surface area contributed by atoms with Gasteiger partial charge in [0, 0.05) is 22.8 Å². The van der Waals surface area contributed by atoms with E-state index in [0.29, 0.717) is 17.1 Å². The van der Waals surface area contributed by atoms with Crippen LogP contribution in [0, 0.1) is 0 Å². The van der Waals surface area contributed by atoms with E-state index >= 15 is 0 Å². The maximum atomic E-state index is 12.8. The van der Waals surface area contributed by atoms with Crippen molar-refractivity contribution in [2.75, 3.05) is 19.0 Å². The number of carbonyl (C=O) groups is 1. The summed E-state index contributed by atoms with van der Waals surface area (Å²) in [6.07, 6.45) is 0.541. The molecule has 156 valence electrons. The minimum Gasteiger partial charge on any atom is -0.495 e. The molecule has 6 nitrogen and oxygen atoms in total. The maximum Gasteiger partial charge on any atom is 0.255 e. The van der Waals surface area contributed by atoms with Crippen LogP contribution in [-0.2, 0) is 16.4 Å². The highest BCUT2D eigenvalue weighted by Crippen LogP contribution is 2.25. The van der Waals surface area contributed by atoms with Crippen LogP contribution in [0.5, 0.6) is 5.75 Å². The van der Waals surface area contributed by atoms with Gasteiger partial charge in [0.1, 0.15) is 10.6 Å². The quantitative estimate of drug-likeness (QED) is 0.547. The van der Waals surface area contributed by atoms with Crippen LogP contribution in [0.25, 0.3) is 0 Å². The number of ether oxygens (including phenoxy) is 1. The molecule has 3 rings (SSSR count). The molecular formula is C22H21ClN2O4S. The fourth-order valence-electron chi connectivity index (χ4n) is 2.82. The second-order valence-corrected chi connectivity index (χ2v) is 8.63. The van der Waals surface area contributed by atoms with E-state index in [-0.39, 0.29) is 22.8 Å². The lowest BCUT2D eigenvalue weighted by Gasteiger charge is -2.13. The summed E-state index contributed by atoms with van der Waals surface area (Å²) in [5.74, 6) is -0.286. The Morgan fingerprint density at radius 2 is 1.70 bits per heavy atom. The van der Waals surface area contributed by atoms with E-state index in [1.165, 1.54) is 25.3 Å². The summed E-state index contributed by atoms with van der Waals surface area (Å²) >= 11 is 5.85. The number of hydrogen-bond acceptors (Lipinski definition) is 4. The van der Waals surface area contributed by atoms with Crippen LogP contribution < -0.4 is 14.8 Å². The number of methoxy groups -OCH3 is 1. The summed E-state index contributed by atoms with van der Waals surface area (Å²) in [6, 6.07) is 20.4. The lowest BCUT2D eigenvalue weighted by atomic mass is 10.2. The molecule has 3 aromatic carbocycles. The zero-order valence-corrected chi connectivity index (χ0v) is 17.8. The molecule has 0 bridgehead atoms. The van der Waals surface area contributed by atoms with Crippen molar-refractivity contribution in [2.24, 2.45) is 0 Å². The Morgan fingerprint density at radius 1 is 1.00 bits per heavy atom. The number of hydrogen-bond donors (Lipinski definition) is 2. The Balaban J connectivity index is 1.77. The van der Waals surface area contributed by atoms with E-state index in [9.17, 15) is 13.2 Å². The highest BCUT2D eigenvalue weighted by atomic mass is 35.5. The van der Waals surface area contributed by atoms with Gasteiger partial charge in [-0.2, -0.15) is 0 Å². The number of benzene rings is 3. The average Bonchev–Trinajstić information content (AvgIpc) is 2.75. The summed E-state index contributed by atoms with van der Waals surface area (Å²) in [5, 5.41) is 3.26. The molecular weight excluding hydrogens is 424 g/mol.